The van der Waals surface area contributed by atoms with Crippen molar-refractivity contribution < 1.29 is 21.9 Å². The lowest BCUT2D eigenvalue weighted by Crippen LogP contribution is -2.03. The zero-order chi connectivity index (χ0) is 12.6. The number of anilines is 1. The molecule has 0 saturated heterocycles. The number of hydrogen-bond donors (Lipinski definition) is 1. The summed E-state index contributed by atoms with van der Waals surface area (Å²) in [5, 5.41) is 8.54. The summed E-state index contributed by atoms with van der Waals surface area (Å²) in [6, 6.07) is 8.24. The summed E-state index contributed by atoms with van der Waals surface area (Å²) in [7, 11) is 0. The number of benzene rings is 1. The van der Waals surface area contributed by atoms with E-state index in [1.807, 2.05) is 6.07 Å². The van der Waals surface area contributed by atoms with Gasteiger partial charge < -0.3 is 9.27 Å². The van der Waals surface area contributed by atoms with Gasteiger partial charge in [0.05, 0.1) is 11.3 Å². The van der Waals surface area contributed by atoms with Crippen molar-refractivity contribution in [3.05, 3.63) is 29.8 Å². The zero-order valence-corrected chi connectivity index (χ0v) is 8.51. The van der Waals surface area contributed by atoms with Crippen LogP contribution in [0.5, 0.6) is 0 Å². The maximum absolute atomic E-state index is 10.2. The Labute approximate surface area is 92.1 Å². The largest absolute Gasteiger partial charge is 0.755 e. The van der Waals surface area contributed by atoms with Crippen LogP contribution in [-0.2, 0) is 11.3 Å². The van der Waals surface area contributed by atoms with Crippen LogP contribution in [0.2, 0.25) is 0 Å². The highest BCUT2D eigenvalue weighted by Crippen LogP contribution is 2.13. The van der Waals surface area contributed by atoms with Gasteiger partial charge in [-0.15, -0.1) is 0 Å². The van der Waals surface area contributed by atoms with E-state index in [0.29, 0.717) is 11.3 Å². The Morgan fingerprint density at radius 1 is 1.38 bits per heavy atom. The van der Waals surface area contributed by atoms with E-state index in [-0.39, 0.29) is 0 Å². The fraction of sp³-hybridized carbons (Fsp3) is 0.125. The average Bonchev–Trinajstić information content (AvgIpc) is 2.17. The van der Waals surface area contributed by atoms with E-state index >= 15 is 0 Å². The van der Waals surface area contributed by atoms with E-state index in [1.165, 1.54) is 12.1 Å². The van der Waals surface area contributed by atoms with Crippen LogP contribution >= 0.6 is 0 Å². The van der Waals surface area contributed by atoms with Gasteiger partial charge in [0.25, 0.3) is 0 Å². The first kappa shape index (κ1) is 14.4. The number of rotatable bonds is 2. The highest BCUT2D eigenvalue weighted by Gasteiger charge is 1.97. The van der Waals surface area contributed by atoms with Gasteiger partial charge in [-0.1, -0.05) is 12.1 Å². The van der Waals surface area contributed by atoms with Gasteiger partial charge in [-0.05, 0) is 12.1 Å². The van der Waals surface area contributed by atoms with E-state index < -0.39 is 17.9 Å². The molecule has 16 heavy (non-hydrogen) atoms. The van der Waals surface area contributed by atoms with Crippen molar-refractivity contribution in [3.63, 3.8) is 0 Å². The van der Waals surface area contributed by atoms with Gasteiger partial charge in [-0.25, -0.2) is 0 Å². The van der Waals surface area contributed by atoms with Gasteiger partial charge in [0.15, 0.2) is 0 Å². The molecule has 8 heteroatoms. The van der Waals surface area contributed by atoms with Gasteiger partial charge in [0, 0.05) is 11.3 Å². The van der Waals surface area contributed by atoms with Crippen molar-refractivity contribution >= 4 is 17.0 Å². The van der Waals surface area contributed by atoms with E-state index in [4.69, 9.17) is 5.26 Å². The molecule has 0 bridgehead atoms. The maximum Gasteiger partial charge on any atom is 0.379 e. The van der Waals surface area contributed by atoms with Gasteiger partial charge in [-0.3, -0.25) is 4.21 Å². The van der Waals surface area contributed by atoms with Crippen molar-refractivity contribution in [2.45, 2.75) is 6.68 Å². The van der Waals surface area contributed by atoms with Gasteiger partial charge in [-0.2, -0.15) is 18.4 Å². The van der Waals surface area contributed by atoms with Gasteiger partial charge in [0.1, 0.15) is 6.07 Å². The smallest absolute Gasteiger partial charge is 0.379 e. The van der Waals surface area contributed by atoms with Crippen LogP contribution in [0.1, 0.15) is 5.56 Å². The summed E-state index contributed by atoms with van der Waals surface area (Å²) in [6.45, 7) is -3.67. The number of nitrogens with one attached hydrogen (secondary N) is 1. The van der Waals surface area contributed by atoms with E-state index in [2.05, 4.69) is 4.72 Å². The molecule has 0 heterocycles. The number of nitrogens with zero attached hydrogens (tertiary/aromatic N) is 1. The molecule has 1 unspecified atom stereocenters. The second-order valence-electron chi connectivity index (χ2n) is 2.24. The number of nitriles is 1. The Kier molecular flexibility index (Phi) is 6.91. The lowest BCUT2D eigenvalue weighted by molar-refractivity contribution is 0.00819. The predicted octanol–water partition coefficient (Wildman–Crippen LogP) is 1.94. The van der Waals surface area contributed by atoms with Crippen LogP contribution < -0.4 is 4.72 Å². The van der Waals surface area contributed by atoms with Crippen LogP contribution in [-0.4, -0.2) is 15.4 Å². The first-order chi connectivity index (χ1) is 7.47. The highest BCUT2D eigenvalue weighted by atomic mass is 32.2. The molecule has 1 atom stereocenters. The first-order valence-electron chi connectivity index (χ1n) is 3.74. The summed E-state index contributed by atoms with van der Waals surface area (Å²) in [6.07, 6.45) is 0. The number of para-hydroxylation sites is 1. The molecule has 1 aromatic rings. The minimum Gasteiger partial charge on any atom is -0.755 e. The minimum absolute atomic E-state index is 0.299. The molecule has 88 valence electrons. The third-order valence-corrected chi connectivity index (χ3v) is 1.63. The Hall–Kier alpha value is -1.59. The highest BCUT2D eigenvalue weighted by molar-refractivity contribution is 7.80. The fourth-order valence-corrected chi connectivity index (χ4v) is 1.12. The lowest BCUT2D eigenvalue weighted by atomic mass is 10.2. The normalized spacial score (nSPS) is 11.0. The lowest BCUT2D eigenvalue weighted by Gasteiger charge is -2.08. The molecule has 0 aliphatic rings. The number of alkyl halides is 3. The van der Waals surface area contributed by atoms with Crippen molar-refractivity contribution in [1.82, 2.24) is 0 Å². The topological polar surface area (TPSA) is 76.0 Å². The molecule has 0 saturated carbocycles. The number of hydrogen-bond acceptors (Lipinski definition) is 3. The van der Waals surface area contributed by atoms with Crippen LogP contribution in [0.3, 0.4) is 0 Å². The molecule has 0 aromatic heterocycles. The first-order valence-corrected chi connectivity index (χ1v) is 4.82. The monoisotopic (exact) mass is 251 g/mol. The molecular formula is C8H6F3N2O2S-. The van der Waals surface area contributed by atoms with Crippen molar-refractivity contribution in [2.24, 2.45) is 0 Å². The van der Waals surface area contributed by atoms with Crippen molar-refractivity contribution in [1.29, 1.82) is 5.26 Å². The minimum atomic E-state index is -3.67. The van der Waals surface area contributed by atoms with Crippen LogP contribution in [0.4, 0.5) is 18.9 Å². The molecule has 0 aliphatic heterocycles. The summed E-state index contributed by atoms with van der Waals surface area (Å²) in [5.41, 5.74) is 0.607. The van der Waals surface area contributed by atoms with Crippen LogP contribution in [0.25, 0.3) is 0 Å². The Balaban J connectivity index is 0.000000487. The molecular weight excluding hydrogens is 245 g/mol. The summed E-state index contributed by atoms with van der Waals surface area (Å²) >= 11 is -2.38. The third kappa shape index (κ3) is 6.80. The SMILES string of the molecule is FC(F)F.N#Cc1ccccc1NS(=O)[O-]. The Bertz CT molecular complexity index is 392. The molecule has 0 radical (unpaired) electrons. The second-order valence-corrected chi connectivity index (χ2v) is 2.92. The predicted molar refractivity (Wildman–Crippen MR) is 50.8 cm³/mol. The quantitative estimate of drug-likeness (QED) is 0.816. The molecule has 0 amide bonds. The van der Waals surface area contributed by atoms with Crippen molar-refractivity contribution in [2.75, 3.05) is 4.72 Å². The molecule has 0 spiro atoms. The van der Waals surface area contributed by atoms with E-state index in [0.717, 1.165) is 0 Å². The third-order valence-electron chi connectivity index (χ3n) is 1.24. The maximum atomic E-state index is 10.2. The van der Waals surface area contributed by atoms with E-state index in [9.17, 15) is 21.9 Å². The molecule has 4 nitrogen and oxygen atoms in total. The van der Waals surface area contributed by atoms with Crippen molar-refractivity contribution in [3.8, 4) is 6.07 Å². The second kappa shape index (κ2) is 7.67. The Morgan fingerprint density at radius 3 is 2.31 bits per heavy atom. The summed E-state index contributed by atoms with van der Waals surface area (Å²) < 4.78 is 51.6. The molecule has 1 rings (SSSR count). The van der Waals surface area contributed by atoms with Crippen LogP contribution in [0.15, 0.2) is 24.3 Å². The fourth-order valence-electron chi connectivity index (χ4n) is 0.759. The summed E-state index contributed by atoms with van der Waals surface area (Å²) in [5.74, 6) is 0. The molecule has 1 aromatic carbocycles. The van der Waals surface area contributed by atoms with Gasteiger partial charge in [0.2, 0.25) is 0 Å². The molecule has 0 aliphatic carbocycles. The number of halogens is 3. The molecule has 1 N–H and O–H groups in total. The summed E-state index contributed by atoms with van der Waals surface area (Å²) in [4.78, 5) is 0. The standard InChI is InChI=1S/C7H6N2O2S.CHF3/c8-5-6-3-1-2-4-7(6)9-12(10)11;2-1(3)4/h1-4,9H,(H,10,11);1H/p-1. The Morgan fingerprint density at radius 2 is 1.88 bits per heavy atom. The average molecular weight is 251 g/mol. The molecule has 0 fully saturated rings. The van der Waals surface area contributed by atoms with E-state index in [1.54, 1.807) is 12.1 Å². The van der Waals surface area contributed by atoms with Crippen LogP contribution in [0, 0.1) is 11.3 Å². The zero-order valence-electron chi connectivity index (χ0n) is 7.69. The van der Waals surface area contributed by atoms with Gasteiger partial charge >= 0.3 is 6.68 Å².